The van der Waals surface area contributed by atoms with Gasteiger partial charge in [0.1, 0.15) is 11.6 Å². The lowest BCUT2D eigenvalue weighted by molar-refractivity contribution is 0.614. The van der Waals surface area contributed by atoms with E-state index in [-0.39, 0.29) is 35.6 Å². The molecule has 0 atom stereocenters. The Bertz CT molecular complexity index is 980. The van der Waals surface area contributed by atoms with Gasteiger partial charge in [0.15, 0.2) is 5.96 Å². The summed E-state index contributed by atoms with van der Waals surface area (Å²) < 4.78 is 29.5. The Morgan fingerprint density at radius 1 is 1.10 bits per heavy atom. The minimum Gasteiger partial charge on any atom is -0.352 e. The third kappa shape index (κ3) is 6.43. The molecule has 0 aliphatic rings. The molecule has 1 aromatic heterocycles. The highest BCUT2D eigenvalue weighted by molar-refractivity contribution is 14.0. The molecule has 9 heteroatoms. The van der Waals surface area contributed by atoms with E-state index in [1.165, 1.54) is 12.1 Å². The summed E-state index contributed by atoms with van der Waals surface area (Å²) >= 11 is 1.65. The predicted octanol–water partition coefficient (Wildman–Crippen LogP) is 4.50. The average molecular weight is 543 g/mol. The fourth-order valence-electron chi connectivity index (χ4n) is 2.91. The van der Waals surface area contributed by atoms with E-state index in [1.54, 1.807) is 60.3 Å². The van der Waals surface area contributed by atoms with Crippen molar-refractivity contribution in [1.82, 2.24) is 20.2 Å². The molecular formula is C21H24F2IN5S. The zero-order valence-electron chi connectivity index (χ0n) is 16.7. The second-order valence-corrected chi connectivity index (χ2v) is 7.25. The van der Waals surface area contributed by atoms with Crippen molar-refractivity contribution in [3.8, 4) is 5.69 Å². The Morgan fingerprint density at radius 2 is 1.90 bits per heavy atom. The summed E-state index contributed by atoms with van der Waals surface area (Å²) in [6, 6.07) is 9.88. The van der Waals surface area contributed by atoms with Gasteiger partial charge >= 0.3 is 0 Å². The molecule has 0 aliphatic heterocycles. The zero-order valence-corrected chi connectivity index (χ0v) is 19.9. The van der Waals surface area contributed by atoms with Crippen LogP contribution < -0.4 is 10.6 Å². The summed E-state index contributed by atoms with van der Waals surface area (Å²) in [6.45, 7) is 0.936. The molecular weight excluding hydrogens is 519 g/mol. The highest BCUT2D eigenvalue weighted by Gasteiger charge is 2.08. The molecule has 2 aromatic carbocycles. The molecule has 30 heavy (non-hydrogen) atoms. The maximum atomic E-state index is 14.4. The van der Waals surface area contributed by atoms with Gasteiger partial charge in [0, 0.05) is 38.3 Å². The van der Waals surface area contributed by atoms with Crippen LogP contribution in [0.4, 0.5) is 8.78 Å². The van der Waals surface area contributed by atoms with Gasteiger partial charge in [-0.3, -0.25) is 4.99 Å². The lowest BCUT2D eigenvalue weighted by atomic mass is 10.1. The van der Waals surface area contributed by atoms with Crippen molar-refractivity contribution in [1.29, 1.82) is 0 Å². The van der Waals surface area contributed by atoms with E-state index in [2.05, 4.69) is 20.6 Å². The van der Waals surface area contributed by atoms with Crippen molar-refractivity contribution in [3.05, 3.63) is 83.4 Å². The molecule has 3 rings (SSSR count). The molecule has 0 radical (unpaired) electrons. The number of rotatable bonds is 7. The van der Waals surface area contributed by atoms with Crippen LogP contribution in [0.2, 0.25) is 0 Å². The minimum absolute atomic E-state index is 0. The quantitative estimate of drug-likeness (QED) is 0.262. The molecule has 3 aromatic rings. The van der Waals surface area contributed by atoms with Gasteiger partial charge in [-0.1, -0.05) is 12.1 Å². The molecule has 160 valence electrons. The standard InChI is InChI=1S/C21H23F2N5S.HI/c1-24-21(27-12-16-4-5-18(22)10-17(16)13-29-2)26-11-15-3-6-20(19(23)9-15)28-8-7-25-14-28;/h3-10,14H,11-13H2,1-2H3,(H2,24,26,27);1H. The van der Waals surface area contributed by atoms with Crippen molar-refractivity contribution < 1.29 is 8.78 Å². The largest absolute Gasteiger partial charge is 0.352 e. The van der Waals surface area contributed by atoms with E-state index in [4.69, 9.17) is 0 Å². The van der Waals surface area contributed by atoms with Gasteiger partial charge < -0.3 is 15.2 Å². The number of aromatic nitrogens is 2. The molecule has 0 spiro atoms. The van der Waals surface area contributed by atoms with Gasteiger partial charge in [0.2, 0.25) is 0 Å². The van der Waals surface area contributed by atoms with Crippen LogP contribution >= 0.6 is 35.7 Å². The Hall–Kier alpha value is -2.14. The maximum absolute atomic E-state index is 14.4. The van der Waals surface area contributed by atoms with Crippen LogP contribution in [0, 0.1) is 11.6 Å². The summed E-state index contributed by atoms with van der Waals surface area (Å²) in [7, 11) is 1.67. The van der Waals surface area contributed by atoms with Crippen LogP contribution in [-0.2, 0) is 18.8 Å². The van der Waals surface area contributed by atoms with Gasteiger partial charge in [0.25, 0.3) is 0 Å². The number of halogens is 3. The molecule has 0 bridgehead atoms. The predicted molar refractivity (Wildman–Crippen MR) is 130 cm³/mol. The van der Waals surface area contributed by atoms with Crippen molar-refractivity contribution in [2.24, 2.45) is 4.99 Å². The first kappa shape index (κ1) is 24.1. The summed E-state index contributed by atoms with van der Waals surface area (Å²) in [4.78, 5) is 8.14. The molecule has 1 heterocycles. The molecule has 0 aliphatic carbocycles. The molecule has 2 N–H and O–H groups in total. The van der Waals surface area contributed by atoms with Gasteiger partial charge in [0.05, 0.1) is 12.0 Å². The van der Waals surface area contributed by atoms with E-state index < -0.39 is 0 Å². The van der Waals surface area contributed by atoms with Crippen molar-refractivity contribution in [2.45, 2.75) is 18.8 Å². The van der Waals surface area contributed by atoms with Crippen molar-refractivity contribution in [3.63, 3.8) is 0 Å². The maximum Gasteiger partial charge on any atom is 0.191 e. The Kier molecular flexibility index (Phi) is 9.57. The van der Waals surface area contributed by atoms with Crippen LogP contribution in [0.3, 0.4) is 0 Å². The number of hydrogen-bond acceptors (Lipinski definition) is 3. The number of nitrogens with one attached hydrogen (secondary N) is 2. The number of thioether (sulfide) groups is 1. The zero-order chi connectivity index (χ0) is 20.6. The normalized spacial score (nSPS) is 11.1. The molecule has 0 saturated carbocycles. The molecule has 0 fully saturated rings. The number of hydrogen-bond donors (Lipinski definition) is 2. The van der Waals surface area contributed by atoms with Crippen molar-refractivity contribution >= 4 is 41.7 Å². The third-order valence-electron chi connectivity index (χ3n) is 4.39. The highest BCUT2D eigenvalue weighted by atomic mass is 127. The summed E-state index contributed by atoms with van der Waals surface area (Å²) in [5.74, 6) is 0.770. The van der Waals surface area contributed by atoms with E-state index in [0.717, 1.165) is 22.4 Å². The first-order valence-electron chi connectivity index (χ1n) is 9.08. The Labute approximate surface area is 196 Å². The van der Waals surface area contributed by atoms with Crippen LogP contribution in [0.5, 0.6) is 0 Å². The van der Waals surface area contributed by atoms with Crippen LogP contribution in [0.15, 0.2) is 60.1 Å². The average Bonchev–Trinajstić information content (AvgIpc) is 3.24. The van der Waals surface area contributed by atoms with E-state index in [1.807, 2.05) is 12.3 Å². The van der Waals surface area contributed by atoms with Gasteiger partial charge in [-0.2, -0.15) is 11.8 Å². The SMILES string of the molecule is CN=C(NCc1ccc(-n2ccnc2)c(F)c1)NCc1ccc(F)cc1CSC.I. The summed E-state index contributed by atoms with van der Waals surface area (Å²) in [5.41, 5.74) is 3.21. The van der Waals surface area contributed by atoms with Crippen LogP contribution in [0.1, 0.15) is 16.7 Å². The molecule has 0 unspecified atom stereocenters. The van der Waals surface area contributed by atoms with Gasteiger partial charge in [-0.05, 0) is 47.2 Å². The van der Waals surface area contributed by atoms with E-state index in [0.29, 0.717) is 24.7 Å². The molecule has 0 amide bonds. The van der Waals surface area contributed by atoms with Crippen LogP contribution in [-0.4, -0.2) is 28.8 Å². The lowest BCUT2D eigenvalue weighted by Gasteiger charge is -2.15. The van der Waals surface area contributed by atoms with Gasteiger partial charge in [-0.15, -0.1) is 24.0 Å². The Balaban J connectivity index is 0.00000320. The second-order valence-electron chi connectivity index (χ2n) is 6.38. The summed E-state index contributed by atoms with van der Waals surface area (Å²) in [6.07, 6.45) is 6.85. The first-order valence-corrected chi connectivity index (χ1v) is 10.5. The number of guanidine groups is 1. The lowest BCUT2D eigenvalue weighted by Crippen LogP contribution is -2.36. The summed E-state index contributed by atoms with van der Waals surface area (Å²) in [5, 5.41) is 6.40. The minimum atomic E-state index is -0.321. The monoisotopic (exact) mass is 543 g/mol. The fraction of sp³-hybridized carbons (Fsp3) is 0.238. The number of benzene rings is 2. The van der Waals surface area contributed by atoms with Crippen molar-refractivity contribution in [2.75, 3.05) is 13.3 Å². The molecule has 0 saturated heterocycles. The van der Waals surface area contributed by atoms with E-state index in [9.17, 15) is 8.78 Å². The highest BCUT2D eigenvalue weighted by Crippen LogP contribution is 2.17. The number of imidazole rings is 1. The third-order valence-corrected chi connectivity index (χ3v) is 4.99. The topological polar surface area (TPSA) is 54.2 Å². The smallest absolute Gasteiger partial charge is 0.191 e. The Morgan fingerprint density at radius 3 is 2.57 bits per heavy atom. The molecule has 5 nitrogen and oxygen atoms in total. The first-order chi connectivity index (χ1) is 14.1. The number of aliphatic imine (C=N–C) groups is 1. The van der Waals surface area contributed by atoms with Crippen LogP contribution in [0.25, 0.3) is 5.69 Å². The fourth-order valence-corrected chi connectivity index (χ4v) is 3.49. The second kappa shape index (κ2) is 11.9. The number of nitrogens with zero attached hydrogens (tertiary/aromatic N) is 3. The van der Waals surface area contributed by atoms with Gasteiger partial charge in [-0.25, -0.2) is 13.8 Å². The van der Waals surface area contributed by atoms with E-state index >= 15 is 0 Å².